The van der Waals surface area contributed by atoms with Crippen LogP contribution in [0.2, 0.25) is 0 Å². The lowest BCUT2D eigenvalue weighted by Gasteiger charge is -2.30. The number of carbonyl (C=O) groups excluding carboxylic acids is 1. The summed E-state index contributed by atoms with van der Waals surface area (Å²) in [7, 11) is 0. The highest BCUT2D eigenvalue weighted by atomic mass is 79.9. The van der Waals surface area contributed by atoms with Crippen molar-refractivity contribution in [2.75, 3.05) is 5.32 Å². The first-order valence-electron chi connectivity index (χ1n) is 5.52. The van der Waals surface area contributed by atoms with Crippen molar-refractivity contribution in [1.29, 1.82) is 0 Å². The second kappa shape index (κ2) is 5.51. The van der Waals surface area contributed by atoms with E-state index in [1.54, 1.807) is 19.2 Å². The molecule has 0 saturated carbocycles. The fraction of sp³-hybridized carbons (Fsp3) is 0.417. The number of hydrogen-bond acceptors (Lipinski definition) is 1. The molecule has 0 radical (unpaired) electrons. The van der Waals surface area contributed by atoms with Gasteiger partial charge in [0.1, 0.15) is 0 Å². The number of halogens is 7. The Labute approximate surface area is 124 Å². The largest absolute Gasteiger partial charge is 0.421 e. The van der Waals surface area contributed by atoms with E-state index in [2.05, 4.69) is 0 Å². The molecule has 0 unspecified atom stereocenters. The van der Waals surface area contributed by atoms with Gasteiger partial charge in [0.25, 0.3) is 10.2 Å². The first kappa shape index (κ1) is 17.8. The SMILES string of the molecule is Cc1ccc(NC(=O)C(Br)(C(F)(F)F)C(F)(F)F)cc1C. The molecule has 1 amide bonds. The van der Waals surface area contributed by atoms with Gasteiger partial charge in [0.2, 0.25) is 0 Å². The standard InChI is InChI=1S/C12H10BrF6NO/c1-6-3-4-8(5-7(6)2)20-9(21)10(13,11(14,15)16)12(17,18)19/h3-5H,1-2H3,(H,20,21). The van der Waals surface area contributed by atoms with Crippen LogP contribution in [0.25, 0.3) is 0 Å². The number of rotatable bonds is 2. The first-order chi connectivity index (χ1) is 9.30. The van der Waals surface area contributed by atoms with Gasteiger partial charge in [-0.2, -0.15) is 26.3 Å². The van der Waals surface area contributed by atoms with Gasteiger partial charge < -0.3 is 5.32 Å². The second-order valence-corrected chi connectivity index (χ2v) is 5.60. The van der Waals surface area contributed by atoms with Crippen molar-refractivity contribution in [3.05, 3.63) is 29.3 Å². The van der Waals surface area contributed by atoms with Crippen LogP contribution in [-0.4, -0.2) is 22.6 Å². The zero-order valence-corrected chi connectivity index (χ0v) is 12.4. The Morgan fingerprint density at radius 3 is 1.86 bits per heavy atom. The van der Waals surface area contributed by atoms with Crippen LogP contribution < -0.4 is 5.32 Å². The average molecular weight is 378 g/mol. The molecule has 0 atom stereocenters. The number of amides is 1. The third kappa shape index (κ3) is 3.33. The van der Waals surface area contributed by atoms with Crippen LogP contribution in [0.5, 0.6) is 0 Å². The van der Waals surface area contributed by atoms with Crippen molar-refractivity contribution >= 4 is 27.5 Å². The normalized spacial score (nSPS) is 13.2. The van der Waals surface area contributed by atoms with E-state index < -0.39 is 22.6 Å². The minimum Gasteiger partial charge on any atom is -0.324 e. The van der Waals surface area contributed by atoms with E-state index >= 15 is 0 Å². The molecule has 0 bridgehead atoms. The van der Waals surface area contributed by atoms with Crippen molar-refractivity contribution < 1.29 is 31.1 Å². The molecule has 0 aliphatic carbocycles. The van der Waals surface area contributed by atoms with E-state index in [9.17, 15) is 31.1 Å². The molecule has 2 nitrogen and oxygen atoms in total. The van der Waals surface area contributed by atoms with Gasteiger partial charge in [-0.05, 0) is 37.1 Å². The first-order valence-corrected chi connectivity index (χ1v) is 6.31. The van der Waals surface area contributed by atoms with E-state index in [0.29, 0.717) is 5.56 Å². The maximum Gasteiger partial charge on any atom is 0.421 e. The molecule has 0 saturated heterocycles. The summed E-state index contributed by atoms with van der Waals surface area (Å²) < 4.78 is 71.4. The lowest BCUT2D eigenvalue weighted by Crippen LogP contribution is -2.59. The van der Waals surface area contributed by atoms with Gasteiger partial charge >= 0.3 is 12.4 Å². The van der Waals surface area contributed by atoms with Crippen molar-refractivity contribution in [3.63, 3.8) is 0 Å². The lowest BCUT2D eigenvalue weighted by atomic mass is 10.1. The maximum atomic E-state index is 12.7. The van der Waals surface area contributed by atoms with Gasteiger partial charge in [0.15, 0.2) is 0 Å². The number of hydrogen-bond donors (Lipinski definition) is 1. The van der Waals surface area contributed by atoms with Crippen molar-refractivity contribution in [2.24, 2.45) is 0 Å². The smallest absolute Gasteiger partial charge is 0.324 e. The summed E-state index contributed by atoms with van der Waals surface area (Å²) in [6.07, 6.45) is -11.7. The number of benzene rings is 1. The van der Waals surface area contributed by atoms with Gasteiger partial charge in [0, 0.05) is 5.69 Å². The summed E-state index contributed by atoms with van der Waals surface area (Å²) in [5.74, 6) is -2.24. The monoisotopic (exact) mass is 377 g/mol. The summed E-state index contributed by atoms with van der Waals surface area (Å²) in [4.78, 5) is 11.5. The van der Waals surface area contributed by atoms with Crippen molar-refractivity contribution in [1.82, 2.24) is 0 Å². The molecule has 1 aromatic rings. The zero-order valence-electron chi connectivity index (χ0n) is 10.8. The third-order valence-electron chi connectivity index (χ3n) is 2.86. The predicted octanol–water partition coefficient (Wildman–Crippen LogP) is 4.50. The number of nitrogens with one attached hydrogen (secondary N) is 1. The Hall–Kier alpha value is -1.25. The van der Waals surface area contributed by atoms with Gasteiger partial charge in [0.05, 0.1) is 0 Å². The molecular weight excluding hydrogens is 368 g/mol. The average Bonchev–Trinajstić information content (AvgIpc) is 2.29. The molecule has 0 aliphatic rings. The van der Waals surface area contributed by atoms with Crippen molar-refractivity contribution in [3.8, 4) is 0 Å². The van der Waals surface area contributed by atoms with E-state index in [4.69, 9.17) is 0 Å². The summed E-state index contributed by atoms with van der Waals surface area (Å²) >= 11 is 1.52. The molecule has 0 aliphatic heterocycles. The van der Waals surface area contributed by atoms with Crippen LogP contribution in [0.1, 0.15) is 11.1 Å². The Morgan fingerprint density at radius 1 is 1.00 bits per heavy atom. The van der Waals surface area contributed by atoms with Crippen LogP contribution in [0.3, 0.4) is 0 Å². The van der Waals surface area contributed by atoms with Crippen LogP contribution in [-0.2, 0) is 4.79 Å². The maximum absolute atomic E-state index is 12.7. The molecular formula is C12H10BrF6NO. The minimum atomic E-state index is -5.84. The van der Waals surface area contributed by atoms with Gasteiger partial charge in [-0.1, -0.05) is 22.0 Å². The molecule has 0 spiro atoms. The van der Waals surface area contributed by atoms with Gasteiger partial charge in [-0.15, -0.1) is 0 Å². The topological polar surface area (TPSA) is 29.1 Å². The fourth-order valence-electron chi connectivity index (χ4n) is 1.45. The summed E-state index contributed by atoms with van der Waals surface area (Å²) in [5, 5.41) is 1.64. The Morgan fingerprint density at radius 2 is 1.48 bits per heavy atom. The predicted molar refractivity (Wildman–Crippen MR) is 68.3 cm³/mol. The number of carbonyl (C=O) groups is 1. The third-order valence-corrected chi connectivity index (χ3v) is 4.12. The van der Waals surface area contributed by atoms with E-state index in [0.717, 1.165) is 5.56 Å². The molecule has 1 N–H and O–H groups in total. The molecule has 0 heterocycles. The quantitative estimate of drug-likeness (QED) is 0.596. The van der Waals surface area contributed by atoms with E-state index in [1.807, 2.05) is 0 Å². The number of alkyl halides is 7. The zero-order chi connectivity index (χ0) is 16.6. The van der Waals surface area contributed by atoms with E-state index in [-0.39, 0.29) is 5.69 Å². The highest BCUT2D eigenvalue weighted by Gasteiger charge is 2.74. The Balaban J connectivity index is 3.17. The van der Waals surface area contributed by atoms with Crippen LogP contribution in [0.4, 0.5) is 32.0 Å². The van der Waals surface area contributed by atoms with Crippen LogP contribution in [0.15, 0.2) is 18.2 Å². The molecule has 0 aromatic heterocycles. The highest BCUT2D eigenvalue weighted by Crippen LogP contribution is 2.50. The Bertz CT molecular complexity index is 538. The molecule has 9 heteroatoms. The van der Waals surface area contributed by atoms with Gasteiger partial charge in [-0.25, -0.2) is 0 Å². The van der Waals surface area contributed by atoms with E-state index in [1.165, 1.54) is 34.1 Å². The summed E-state index contributed by atoms with van der Waals surface area (Å²) in [6.45, 7) is 3.32. The molecule has 21 heavy (non-hydrogen) atoms. The van der Waals surface area contributed by atoms with Crippen LogP contribution in [0, 0.1) is 13.8 Å². The lowest BCUT2D eigenvalue weighted by molar-refractivity contribution is -0.253. The Kier molecular flexibility index (Phi) is 4.67. The van der Waals surface area contributed by atoms with Crippen LogP contribution >= 0.6 is 15.9 Å². The fourth-order valence-corrected chi connectivity index (χ4v) is 1.55. The summed E-state index contributed by atoms with van der Waals surface area (Å²) in [6, 6.07) is 3.98. The summed E-state index contributed by atoms with van der Waals surface area (Å²) in [5.41, 5.74) is 1.25. The molecule has 1 rings (SSSR count). The molecule has 118 valence electrons. The number of anilines is 1. The van der Waals surface area contributed by atoms with Crippen molar-refractivity contribution in [2.45, 2.75) is 30.5 Å². The van der Waals surface area contributed by atoms with Gasteiger partial charge in [-0.3, -0.25) is 4.79 Å². The second-order valence-electron chi connectivity index (χ2n) is 4.41. The number of aryl methyl sites for hydroxylation is 2. The minimum absolute atomic E-state index is 0.152. The molecule has 0 fully saturated rings. The highest BCUT2D eigenvalue weighted by molar-refractivity contribution is 9.10. The molecule has 1 aromatic carbocycles.